The Morgan fingerprint density at radius 2 is 1.84 bits per heavy atom. The van der Waals surface area contributed by atoms with Crippen molar-refractivity contribution >= 4 is 6.09 Å². The topological polar surface area (TPSA) is 71.9 Å². The van der Waals surface area contributed by atoms with Crippen LogP contribution in [0.4, 0.5) is 18.0 Å². The molecule has 6 rings (SSSR count). The first-order valence-electron chi connectivity index (χ1n) is 15.3. The number of piperidine rings is 1. The number of likely N-dealkylation sites (tertiary alicyclic amines) is 1. The number of ether oxygens (including phenoxy) is 2. The summed E-state index contributed by atoms with van der Waals surface area (Å²) < 4.78 is 52.0. The quantitative estimate of drug-likeness (QED) is 0.389. The lowest BCUT2D eigenvalue weighted by Crippen LogP contribution is -2.39. The van der Waals surface area contributed by atoms with E-state index in [2.05, 4.69) is 26.0 Å². The number of aliphatic hydroxyl groups excluding tert-OH is 1. The van der Waals surface area contributed by atoms with E-state index in [9.17, 15) is 23.1 Å². The number of aliphatic hydroxyl groups is 1. The molecule has 2 aromatic rings. The zero-order chi connectivity index (χ0) is 30.5. The minimum atomic E-state index is -4.43. The summed E-state index contributed by atoms with van der Waals surface area (Å²) in [4.78, 5) is 19.7. The van der Waals surface area contributed by atoms with E-state index < -0.39 is 23.9 Å². The van der Waals surface area contributed by atoms with Crippen molar-refractivity contribution in [3.05, 3.63) is 87.3 Å². The second kappa shape index (κ2) is 11.4. The molecule has 3 atom stereocenters. The molecular formula is C34H39F3N2O4. The van der Waals surface area contributed by atoms with Crippen molar-refractivity contribution in [3.63, 3.8) is 0 Å². The molecule has 1 aromatic carbocycles. The van der Waals surface area contributed by atoms with E-state index in [0.717, 1.165) is 58.6 Å². The van der Waals surface area contributed by atoms with Crippen LogP contribution in [0.5, 0.6) is 0 Å². The molecule has 4 aliphatic rings. The fraction of sp³-hybridized carbons (Fsp3) is 0.529. The van der Waals surface area contributed by atoms with E-state index in [-0.39, 0.29) is 30.1 Å². The highest BCUT2D eigenvalue weighted by molar-refractivity contribution is 5.68. The fourth-order valence-electron chi connectivity index (χ4n) is 7.18. The number of alkyl halides is 3. The summed E-state index contributed by atoms with van der Waals surface area (Å²) in [6, 6.07) is 5.14. The molecule has 0 saturated carbocycles. The van der Waals surface area contributed by atoms with E-state index >= 15 is 0 Å². The normalized spacial score (nSPS) is 25.2. The molecular weight excluding hydrogens is 557 g/mol. The van der Waals surface area contributed by atoms with Crippen LogP contribution in [0.25, 0.3) is 0 Å². The van der Waals surface area contributed by atoms with Crippen LogP contribution in [-0.4, -0.2) is 40.8 Å². The second-order valence-corrected chi connectivity index (χ2v) is 13.1. The van der Waals surface area contributed by atoms with Gasteiger partial charge in [-0.25, -0.2) is 4.79 Å². The number of benzene rings is 1. The van der Waals surface area contributed by atoms with Gasteiger partial charge < -0.3 is 19.5 Å². The highest BCUT2D eigenvalue weighted by Crippen LogP contribution is 2.52. The Bertz CT molecular complexity index is 1440. The van der Waals surface area contributed by atoms with Gasteiger partial charge >= 0.3 is 12.3 Å². The van der Waals surface area contributed by atoms with Gasteiger partial charge in [-0.2, -0.15) is 13.2 Å². The molecule has 1 N–H and O–H groups in total. The van der Waals surface area contributed by atoms with E-state index in [0.29, 0.717) is 44.3 Å². The summed E-state index contributed by atoms with van der Waals surface area (Å²) >= 11 is 0. The molecule has 1 saturated heterocycles. The summed E-state index contributed by atoms with van der Waals surface area (Å²) in [5.74, 6) is 0.0280. The van der Waals surface area contributed by atoms with Gasteiger partial charge in [-0.1, -0.05) is 44.2 Å². The van der Waals surface area contributed by atoms with Gasteiger partial charge in [-0.15, -0.1) is 0 Å². The molecule has 2 aliphatic heterocycles. The maximum atomic E-state index is 13.3. The van der Waals surface area contributed by atoms with Crippen LogP contribution in [0.15, 0.2) is 48.1 Å². The molecule has 6 nitrogen and oxygen atoms in total. The third kappa shape index (κ3) is 5.98. The van der Waals surface area contributed by atoms with Gasteiger partial charge in [0.05, 0.1) is 23.5 Å². The highest BCUT2D eigenvalue weighted by Gasteiger charge is 2.44. The van der Waals surface area contributed by atoms with Crippen molar-refractivity contribution in [3.8, 4) is 0 Å². The van der Waals surface area contributed by atoms with Crippen LogP contribution in [0, 0.1) is 5.41 Å². The van der Waals surface area contributed by atoms with Crippen LogP contribution in [0.3, 0.4) is 0 Å². The van der Waals surface area contributed by atoms with Crippen LogP contribution in [0.1, 0.15) is 116 Å². The van der Waals surface area contributed by atoms with Crippen molar-refractivity contribution in [1.82, 2.24) is 9.88 Å². The lowest BCUT2D eigenvalue weighted by atomic mass is 9.70. The van der Waals surface area contributed by atoms with Gasteiger partial charge in [0.2, 0.25) is 0 Å². The fourth-order valence-corrected chi connectivity index (χ4v) is 7.18. The summed E-state index contributed by atoms with van der Waals surface area (Å²) in [7, 11) is 0. The molecule has 1 fully saturated rings. The molecule has 2 unspecified atom stereocenters. The van der Waals surface area contributed by atoms with Gasteiger partial charge in [0.25, 0.3) is 0 Å². The molecule has 0 radical (unpaired) electrons. The Hall–Kier alpha value is -3.17. The second-order valence-electron chi connectivity index (χ2n) is 13.1. The number of hydrogen-bond acceptors (Lipinski definition) is 5. The van der Waals surface area contributed by atoms with Gasteiger partial charge in [0, 0.05) is 29.9 Å². The zero-order valence-corrected chi connectivity index (χ0v) is 24.9. The average molecular weight is 597 g/mol. The monoisotopic (exact) mass is 596 g/mol. The Kier molecular flexibility index (Phi) is 7.92. The minimum Gasteiger partial charge on any atom is -0.445 e. The van der Waals surface area contributed by atoms with E-state index in [4.69, 9.17) is 14.5 Å². The van der Waals surface area contributed by atoms with Crippen molar-refractivity contribution in [2.45, 2.75) is 89.7 Å². The van der Waals surface area contributed by atoms with E-state index in [1.54, 1.807) is 4.90 Å². The van der Waals surface area contributed by atoms with Gasteiger partial charge in [-0.05, 0) is 85.6 Å². The summed E-state index contributed by atoms with van der Waals surface area (Å²) in [5.41, 5.74) is 5.16. The standard InChI is InChI=1S/C34H39F3N2O4/c1-20-30-29(31(43-20)23-9-11-24(12-10-23)34(35,36)37)27(28-25(38-30)17-33(2,3)18-26(28)40)22-13-15-39(16-14-22)32(41)42-19-21-7-5-4-6-8-21/h5,7-12,20,22,26,31,40H,4,6,13-19H2,1-3H3/t20?,26-,31?/m0/s1. The molecule has 9 heteroatoms. The number of allylic oxidation sites excluding steroid dienone is 2. The first-order valence-corrected chi connectivity index (χ1v) is 15.3. The molecule has 0 bridgehead atoms. The molecule has 0 spiro atoms. The van der Waals surface area contributed by atoms with Gasteiger partial charge in [0.1, 0.15) is 12.7 Å². The third-order valence-corrected chi connectivity index (χ3v) is 9.27. The van der Waals surface area contributed by atoms with Crippen LogP contribution in [0.2, 0.25) is 0 Å². The van der Waals surface area contributed by atoms with Crippen molar-refractivity contribution in [2.75, 3.05) is 19.7 Å². The highest BCUT2D eigenvalue weighted by atomic mass is 19.4. The predicted molar refractivity (Wildman–Crippen MR) is 155 cm³/mol. The van der Waals surface area contributed by atoms with E-state index in [1.807, 2.05) is 13.0 Å². The number of amides is 1. The Labute approximate surface area is 250 Å². The Morgan fingerprint density at radius 3 is 2.49 bits per heavy atom. The number of hydrogen-bond donors (Lipinski definition) is 1. The molecule has 1 amide bonds. The van der Waals surface area contributed by atoms with Crippen LogP contribution < -0.4 is 0 Å². The maximum Gasteiger partial charge on any atom is 0.416 e. The van der Waals surface area contributed by atoms with Crippen molar-refractivity contribution in [1.29, 1.82) is 0 Å². The summed E-state index contributed by atoms with van der Waals surface area (Å²) in [5, 5.41) is 11.5. The average Bonchev–Trinajstić information content (AvgIpc) is 3.30. The third-order valence-electron chi connectivity index (χ3n) is 9.27. The number of carbonyl (C=O) groups is 1. The van der Waals surface area contributed by atoms with Crippen molar-refractivity contribution < 1.29 is 32.5 Å². The lowest BCUT2D eigenvalue weighted by molar-refractivity contribution is -0.137. The number of aromatic nitrogens is 1. The van der Waals surface area contributed by atoms with Crippen molar-refractivity contribution in [2.24, 2.45) is 5.41 Å². The first-order chi connectivity index (χ1) is 20.4. The molecule has 43 heavy (non-hydrogen) atoms. The molecule has 2 aliphatic carbocycles. The van der Waals surface area contributed by atoms with E-state index in [1.165, 1.54) is 12.1 Å². The maximum absolute atomic E-state index is 13.3. The lowest BCUT2D eigenvalue weighted by Gasteiger charge is -2.39. The van der Waals surface area contributed by atoms with Gasteiger partial charge in [0.15, 0.2) is 0 Å². The first kappa shape index (κ1) is 29.9. The molecule has 3 heterocycles. The van der Waals surface area contributed by atoms with Crippen LogP contribution >= 0.6 is 0 Å². The predicted octanol–water partition coefficient (Wildman–Crippen LogP) is 7.88. The number of halogens is 3. The summed E-state index contributed by atoms with van der Waals surface area (Å²) in [6.07, 6.45) is 4.35. The smallest absolute Gasteiger partial charge is 0.416 e. The molecule has 1 aromatic heterocycles. The Morgan fingerprint density at radius 1 is 1.12 bits per heavy atom. The van der Waals surface area contributed by atoms with Crippen LogP contribution in [-0.2, 0) is 22.1 Å². The minimum absolute atomic E-state index is 0.0280. The number of pyridine rings is 1. The number of nitrogens with zero attached hydrogens (tertiary/aromatic N) is 2. The largest absolute Gasteiger partial charge is 0.445 e. The summed E-state index contributed by atoms with van der Waals surface area (Å²) in [6.45, 7) is 7.45. The molecule has 230 valence electrons. The number of fused-ring (bicyclic) bond motifs is 2. The zero-order valence-electron chi connectivity index (χ0n) is 24.9. The SMILES string of the molecule is CC1OC(c2ccc(C(F)(F)F)cc2)c2c1nc1c(c2C2CCN(C(=O)OCC3=CCCC=C3)CC2)[C@@H](O)CC(C)(C)C1. The Balaban J connectivity index is 1.32. The number of carbonyl (C=O) groups excluding carboxylic acids is 1. The van der Waals surface area contributed by atoms with Gasteiger partial charge in [-0.3, -0.25) is 4.98 Å². The number of rotatable bonds is 4.